The first-order chi connectivity index (χ1) is 10.3. The second-order valence-electron chi connectivity index (χ2n) is 4.70. The number of esters is 2. The molecule has 8 nitrogen and oxygen atoms in total. The second kappa shape index (κ2) is 10.4. The summed E-state index contributed by atoms with van der Waals surface area (Å²) in [5, 5.41) is 5.06. The maximum atomic E-state index is 11.7. The summed E-state index contributed by atoms with van der Waals surface area (Å²) >= 11 is 0. The summed E-state index contributed by atoms with van der Waals surface area (Å²) in [5.74, 6) is -2.20. The van der Waals surface area contributed by atoms with Gasteiger partial charge in [-0.05, 0) is 6.92 Å². The molecule has 0 rings (SSSR count). The quantitative estimate of drug-likeness (QED) is 0.356. The lowest BCUT2D eigenvalue weighted by Crippen LogP contribution is -2.46. The average molecular weight is 314 g/mol. The van der Waals surface area contributed by atoms with Crippen molar-refractivity contribution < 1.29 is 28.7 Å². The molecule has 2 amide bonds. The first-order valence-electron chi connectivity index (χ1n) is 6.78. The van der Waals surface area contributed by atoms with E-state index in [1.165, 1.54) is 7.11 Å². The molecule has 0 saturated heterocycles. The monoisotopic (exact) mass is 314 g/mol. The van der Waals surface area contributed by atoms with Gasteiger partial charge in [0.15, 0.2) is 0 Å². The van der Waals surface area contributed by atoms with E-state index in [0.29, 0.717) is 0 Å². The van der Waals surface area contributed by atoms with Crippen LogP contribution in [0.3, 0.4) is 0 Å². The molecule has 0 aromatic rings. The highest BCUT2D eigenvalue weighted by atomic mass is 16.5. The van der Waals surface area contributed by atoms with Crippen LogP contribution in [0.15, 0.2) is 12.2 Å². The van der Waals surface area contributed by atoms with Crippen molar-refractivity contribution in [2.24, 2.45) is 5.92 Å². The largest absolute Gasteiger partial charge is 0.466 e. The van der Waals surface area contributed by atoms with Crippen molar-refractivity contribution in [1.82, 2.24) is 10.6 Å². The van der Waals surface area contributed by atoms with Crippen LogP contribution in [0.1, 0.15) is 20.8 Å². The molecule has 0 fully saturated rings. The SMILES string of the molecule is COC(=O)/C=C/C(=O)OCCNC(=O)[C@H](C)NC(=O)C(C)C. The number of amides is 2. The summed E-state index contributed by atoms with van der Waals surface area (Å²) in [7, 11) is 1.19. The van der Waals surface area contributed by atoms with Gasteiger partial charge in [-0.1, -0.05) is 13.8 Å². The molecule has 8 heteroatoms. The zero-order valence-corrected chi connectivity index (χ0v) is 13.2. The van der Waals surface area contributed by atoms with Crippen LogP contribution in [0.25, 0.3) is 0 Å². The van der Waals surface area contributed by atoms with E-state index in [9.17, 15) is 19.2 Å². The number of hydrogen-bond acceptors (Lipinski definition) is 6. The molecule has 0 unspecified atom stereocenters. The Labute approximate surface area is 129 Å². The van der Waals surface area contributed by atoms with Gasteiger partial charge in [-0.15, -0.1) is 0 Å². The molecule has 0 radical (unpaired) electrons. The molecule has 0 heterocycles. The van der Waals surface area contributed by atoms with Crippen LogP contribution in [0.5, 0.6) is 0 Å². The smallest absolute Gasteiger partial charge is 0.331 e. The molecule has 0 aliphatic heterocycles. The van der Waals surface area contributed by atoms with Crippen molar-refractivity contribution in [3.8, 4) is 0 Å². The Bertz CT molecular complexity index is 445. The molecule has 0 aliphatic rings. The predicted molar refractivity (Wildman–Crippen MR) is 77.6 cm³/mol. The molecule has 0 aromatic heterocycles. The van der Waals surface area contributed by atoms with Gasteiger partial charge in [0.1, 0.15) is 12.6 Å². The van der Waals surface area contributed by atoms with Gasteiger partial charge in [-0.25, -0.2) is 9.59 Å². The number of carbonyl (C=O) groups is 4. The maximum Gasteiger partial charge on any atom is 0.331 e. The third-order valence-electron chi connectivity index (χ3n) is 2.48. The second-order valence-corrected chi connectivity index (χ2v) is 4.70. The predicted octanol–water partition coefficient (Wildman–Crippen LogP) is -0.464. The zero-order chi connectivity index (χ0) is 17.1. The van der Waals surface area contributed by atoms with Crippen LogP contribution in [0, 0.1) is 5.92 Å². The van der Waals surface area contributed by atoms with Crippen LogP contribution < -0.4 is 10.6 Å². The minimum absolute atomic E-state index is 0.0546. The zero-order valence-electron chi connectivity index (χ0n) is 13.2. The third-order valence-corrected chi connectivity index (χ3v) is 2.48. The highest BCUT2D eigenvalue weighted by Crippen LogP contribution is 1.93. The minimum atomic E-state index is -0.721. The normalized spacial score (nSPS) is 11.9. The minimum Gasteiger partial charge on any atom is -0.466 e. The van der Waals surface area contributed by atoms with Crippen LogP contribution in [0.4, 0.5) is 0 Å². The van der Waals surface area contributed by atoms with Crippen molar-refractivity contribution in [3.05, 3.63) is 12.2 Å². The van der Waals surface area contributed by atoms with Crippen molar-refractivity contribution >= 4 is 23.8 Å². The highest BCUT2D eigenvalue weighted by molar-refractivity contribution is 5.91. The van der Waals surface area contributed by atoms with E-state index in [2.05, 4.69) is 15.4 Å². The first-order valence-corrected chi connectivity index (χ1v) is 6.78. The van der Waals surface area contributed by atoms with Gasteiger partial charge in [-0.3, -0.25) is 9.59 Å². The van der Waals surface area contributed by atoms with Crippen molar-refractivity contribution in [3.63, 3.8) is 0 Å². The summed E-state index contributed by atoms with van der Waals surface area (Å²) in [6.07, 6.45) is 1.86. The Kier molecular flexibility index (Phi) is 9.24. The van der Waals surface area contributed by atoms with Gasteiger partial charge in [-0.2, -0.15) is 0 Å². The van der Waals surface area contributed by atoms with Crippen LogP contribution in [-0.2, 0) is 28.7 Å². The molecular formula is C14H22N2O6. The van der Waals surface area contributed by atoms with E-state index in [1.807, 2.05) is 0 Å². The lowest BCUT2D eigenvalue weighted by atomic mass is 10.2. The number of hydrogen-bond donors (Lipinski definition) is 2. The van der Waals surface area contributed by atoms with Gasteiger partial charge >= 0.3 is 11.9 Å². The standard InChI is InChI=1S/C14H22N2O6/c1-9(2)13(19)16-10(3)14(20)15-7-8-22-12(18)6-5-11(17)21-4/h5-6,9-10H,7-8H2,1-4H3,(H,15,20)(H,16,19)/b6-5+/t10-/m0/s1. The molecule has 1 atom stereocenters. The lowest BCUT2D eigenvalue weighted by Gasteiger charge is -2.15. The number of carbonyl (C=O) groups excluding carboxylic acids is 4. The Balaban J connectivity index is 3.93. The number of methoxy groups -OCH3 is 1. The Morgan fingerprint density at radius 3 is 2.14 bits per heavy atom. The summed E-state index contributed by atoms with van der Waals surface area (Å²) in [5.41, 5.74) is 0. The van der Waals surface area contributed by atoms with E-state index in [4.69, 9.17) is 4.74 Å². The van der Waals surface area contributed by atoms with E-state index < -0.39 is 18.0 Å². The highest BCUT2D eigenvalue weighted by Gasteiger charge is 2.16. The Hall–Kier alpha value is -2.38. The first kappa shape index (κ1) is 19.6. The topological polar surface area (TPSA) is 111 Å². The molecule has 124 valence electrons. The third kappa shape index (κ3) is 8.72. The molecule has 0 aromatic carbocycles. The average Bonchev–Trinajstić information content (AvgIpc) is 2.48. The van der Waals surface area contributed by atoms with Crippen LogP contribution in [0.2, 0.25) is 0 Å². The summed E-state index contributed by atoms with van der Waals surface area (Å²) in [4.78, 5) is 45.0. The fourth-order valence-corrected chi connectivity index (χ4v) is 1.18. The molecule has 0 spiro atoms. The van der Waals surface area contributed by atoms with E-state index in [-0.39, 0.29) is 30.9 Å². The summed E-state index contributed by atoms with van der Waals surface area (Å²) in [6.45, 7) is 5.04. The summed E-state index contributed by atoms with van der Waals surface area (Å²) in [6, 6.07) is -0.676. The molecular weight excluding hydrogens is 292 g/mol. The van der Waals surface area contributed by atoms with Gasteiger partial charge in [0.05, 0.1) is 13.7 Å². The molecule has 0 saturated carbocycles. The molecule has 2 N–H and O–H groups in total. The fraction of sp³-hybridized carbons (Fsp3) is 0.571. The van der Waals surface area contributed by atoms with Crippen LogP contribution >= 0.6 is 0 Å². The van der Waals surface area contributed by atoms with E-state index >= 15 is 0 Å². The van der Waals surface area contributed by atoms with E-state index in [0.717, 1.165) is 12.2 Å². The molecule has 0 bridgehead atoms. The van der Waals surface area contributed by atoms with Gasteiger partial charge in [0.25, 0.3) is 0 Å². The van der Waals surface area contributed by atoms with Crippen molar-refractivity contribution in [1.29, 1.82) is 0 Å². The molecule has 22 heavy (non-hydrogen) atoms. The van der Waals surface area contributed by atoms with Crippen molar-refractivity contribution in [2.75, 3.05) is 20.3 Å². The van der Waals surface area contributed by atoms with Gasteiger partial charge in [0.2, 0.25) is 11.8 Å². The molecule has 0 aliphatic carbocycles. The Morgan fingerprint density at radius 2 is 1.59 bits per heavy atom. The number of ether oxygens (including phenoxy) is 2. The van der Waals surface area contributed by atoms with E-state index in [1.54, 1.807) is 20.8 Å². The lowest BCUT2D eigenvalue weighted by molar-refractivity contribution is -0.139. The van der Waals surface area contributed by atoms with Gasteiger partial charge < -0.3 is 20.1 Å². The van der Waals surface area contributed by atoms with Crippen molar-refractivity contribution in [2.45, 2.75) is 26.8 Å². The maximum absolute atomic E-state index is 11.7. The fourth-order valence-electron chi connectivity index (χ4n) is 1.18. The number of rotatable bonds is 8. The van der Waals surface area contributed by atoms with Gasteiger partial charge in [0, 0.05) is 18.1 Å². The Morgan fingerprint density at radius 1 is 1.00 bits per heavy atom. The van der Waals surface area contributed by atoms with Crippen LogP contribution in [-0.4, -0.2) is 50.1 Å². The summed E-state index contributed by atoms with van der Waals surface area (Å²) < 4.78 is 9.06. The number of nitrogens with one attached hydrogen (secondary N) is 2.